The van der Waals surface area contributed by atoms with Gasteiger partial charge in [-0.2, -0.15) is 0 Å². The predicted molar refractivity (Wildman–Crippen MR) is 85.4 cm³/mol. The topological polar surface area (TPSA) is 115 Å². The molecule has 0 aliphatic heterocycles. The fraction of sp³-hybridized carbons (Fsp3) is 0.0833. The van der Waals surface area contributed by atoms with E-state index in [0.29, 0.717) is 10.2 Å². The van der Waals surface area contributed by atoms with Gasteiger partial charge in [0.2, 0.25) is 15.9 Å². The number of anilines is 1. The zero-order valence-electron chi connectivity index (χ0n) is 10.6. The lowest BCUT2D eigenvalue weighted by molar-refractivity contribution is -0.117. The van der Waals surface area contributed by atoms with Gasteiger partial charge in [0.15, 0.2) is 0 Å². The molecule has 1 aromatic heterocycles. The number of rotatable bonds is 4. The number of thiophene rings is 1. The first-order valence-electron chi connectivity index (χ1n) is 5.71. The van der Waals surface area contributed by atoms with Gasteiger partial charge in [-0.3, -0.25) is 4.79 Å². The van der Waals surface area contributed by atoms with E-state index in [1.165, 1.54) is 29.5 Å². The molecule has 0 bridgehead atoms. The van der Waals surface area contributed by atoms with E-state index >= 15 is 0 Å². The average molecular weight is 390 g/mol. The highest BCUT2D eigenvalue weighted by Gasteiger charge is 2.18. The minimum absolute atomic E-state index is 0.0464. The third-order valence-electron chi connectivity index (χ3n) is 2.66. The highest BCUT2D eigenvalue weighted by Crippen LogP contribution is 2.26. The molecular formula is C12H12BrN3O3S2. The molecule has 112 valence electrons. The highest BCUT2D eigenvalue weighted by atomic mass is 79.9. The van der Waals surface area contributed by atoms with Crippen molar-refractivity contribution >= 4 is 48.9 Å². The van der Waals surface area contributed by atoms with Crippen LogP contribution in [-0.2, 0) is 14.8 Å². The van der Waals surface area contributed by atoms with Gasteiger partial charge in [-0.25, -0.2) is 13.6 Å². The Labute approximate surface area is 134 Å². The third kappa shape index (κ3) is 3.89. The van der Waals surface area contributed by atoms with Gasteiger partial charge in [0.05, 0.1) is 10.6 Å². The smallest absolute Gasteiger partial charge is 0.246 e. The van der Waals surface area contributed by atoms with Crippen molar-refractivity contribution in [3.05, 3.63) is 45.1 Å². The molecule has 0 saturated heterocycles. The Morgan fingerprint density at radius 1 is 1.33 bits per heavy atom. The monoisotopic (exact) mass is 389 g/mol. The summed E-state index contributed by atoms with van der Waals surface area (Å²) >= 11 is 4.58. The predicted octanol–water partition coefficient (Wildman–Crippen LogP) is 1.80. The Bertz CT molecular complexity index is 760. The summed E-state index contributed by atoms with van der Waals surface area (Å²) in [4.78, 5) is 12.7. The number of amides is 1. The number of hydrogen-bond acceptors (Lipinski definition) is 5. The molecule has 1 unspecified atom stereocenters. The number of benzene rings is 1. The van der Waals surface area contributed by atoms with Gasteiger partial charge in [0.1, 0.15) is 6.04 Å². The summed E-state index contributed by atoms with van der Waals surface area (Å²) < 4.78 is 22.9. The molecule has 0 aliphatic rings. The summed E-state index contributed by atoms with van der Waals surface area (Å²) in [7, 11) is -3.79. The summed E-state index contributed by atoms with van der Waals surface area (Å²) in [5.41, 5.74) is 6.26. The van der Waals surface area contributed by atoms with Crippen molar-refractivity contribution in [2.24, 2.45) is 10.9 Å². The molecule has 1 amide bonds. The van der Waals surface area contributed by atoms with Crippen LogP contribution < -0.4 is 16.2 Å². The standard InChI is InChI=1S/C12H12BrN3O3S2/c13-8-6-7(21(15,18)19)3-4-9(8)16-12(17)11(14)10-2-1-5-20-10/h1-6,11H,14H2,(H,16,17)(H2,15,18,19). The molecule has 0 radical (unpaired) electrons. The number of sulfonamides is 1. The van der Waals surface area contributed by atoms with Crippen molar-refractivity contribution in [1.82, 2.24) is 0 Å². The maximum Gasteiger partial charge on any atom is 0.246 e. The molecular weight excluding hydrogens is 378 g/mol. The maximum atomic E-state index is 12.1. The minimum Gasteiger partial charge on any atom is -0.323 e. The van der Waals surface area contributed by atoms with Crippen molar-refractivity contribution in [3.8, 4) is 0 Å². The number of hydrogen-bond donors (Lipinski definition) is 3. The van der Waals surface area contributed by atoms with Crippen LogP contribution in [0.2, 0.25) is 0 Å². The van der Waals surface area contributed by atoms with Crippen LogP contribution in [-0.4, -0.2) is 14.3 Å². The van der Waals surface area contributed by atoms with Gasteiger partial charge in [0.25, 0.3) is 0 Å². The first kappa shape index (κ1) is 16.1. The molecule has 1 aromatic carbocycles. The highest BCUT2D eigenvalue weighted by molar-refractivity contribution is 9.10. The van der Waals surface area contributed by atoms with Gasteiger partial charge in [-0.15, -0.1) is 11.3 Å². The van der Waals surface area contributed by atoms with Crippen molar-refractivity contribution in [2.45, 2.75) is 10.9 Å². The lowest BCUT2D eigenvalue weighted by atomic mass is 10.2. The van der Waals surface area contributed by atoms with E-state index in [0.717, 1.165) is 4.88 Å². The molecule has 6 nitrogen and oxygen atoms in total. The van der Waals surface area contributed by atoms with Gasteiger partial charge in [-0.1, -0.05) is 6.07 Å². The second-order valence-electron chi connectivity index (χ2n) is 4.17. The number of nitrogens with one attached hydrogen (secondary N) is 1. The maximum absolute atomic E-state index is 12.1. The van der Waals surface area contributed by atoms with Crippen molar-refractivity contribution in [2.75, 3.05) is 5.32 Å². The van der Waals surface area contributed by atoms with E-state index in [1.54, 1.807) is 6.07 Å². The summed E-state index contributed by atoms with van der Waals surface area (Å²) in [6.07, 6.45) is 0. The third-order valence-corrected chi connectivity index (χ3v) is 5.18. The molecule has 0 fully saturated rings. The molecule has 9 heteroatoms. The largest absolute Gasteiger partial charge is 0.323 e. The van der Waals surface area contributed by atoms with E-state index in [-0.39, 0.29) is 10.8 Å². The van der Waals surface area contributed by atoms with E-state index in [9.17, 15) is 13.2 Å². The van der Waals surface area contributed by atoms with Gasteiger partial charge in [0, 0.05) is 9.35 Å². The molecule has 5 N–H and O–H groups in total. The number of carbonyl (C=O) groups is 1. The van der Waals surface area contributed by atoms with E-state index in [1.807, 2.05) is 11.4 Å². The van der Waals surface area contributed by atoms with Gasteiger partial charge in [-0.05, 0) is 45.6 Å². The molecule has 0 spiro atoms. The zero-order valence-corrected chi connectivity index (χ0v) is 13.8. The summed E-state index contributed by atoms with van der Waals surface area (Å²) in [6, 6.07) is 6.88. The molecule has 2 rings (SSSR count). The van der Waals surface area contributed by atoms with Crippen LogP contribution in [0.4, 0.5) is 5.69 Å². The molecule has 0 aliphatic carbocycles. The average Bonchev–Trinajstić information content (AvgIpc) is 2.92. The second kappa shape index (κ2) is 6.24. The fourth-order valence-corrected chi connectivity index (χ4v) is 3.48. The SMILES string of the molecule is NC(C(=O)Nc1ccc(S(N)(=O)=O)cc1Br)c1cccs1. The summed E-state index contributed by atoms with van der Waals surface area (Å²) in [5.74, 6) is -0.387. The van der Waals surface area contributed by atoms with Gasteiger partial charge >= 0.3 is 0 Å². The van der Waals surface area contributed by atoms with Crippen LogP contribution in [0.1, 0.15) is 10.9 Å². The lowest BCUT2D eigenvalue weighted by Gasteiger charge is -2.12. The van der Waals surface area contributed by atoms with Gasteiger partial charge < -0.3 is 11.1 Å². The normalized spacial score (nSPS) is 12.9. The molecule has 1 atom stereocenters. The van der Waals surface area contributed by atoms with Crippen LogP contribution in [0.5, 0.6) is 0 Å². The molecule has 1 heterocycles. The Morgan fingerprint density at radius 3 is 2.57 bits per heavy atom. The van der Waals surface area contributed by atoms with Crippen LogP contribution in [0.15, 0.2) is 45.1 Å². The minimum atomic E-state index is -3.79. The fourth-order valence-electron chi connectivity index (χ4n) is 1.58. The molecule has 2 aromatic rings. The Hall–Kier alpha value is -1.26. The number of halogens is 1. The van der Waals surface area contributed by atoms with Crippen molar-refractivity contribution < 1.29 is 13.2 Å². The Balaban J connectivity index is 2.19. The van der Waals surface area contributed by atoms with E-state index < -0.39 is 16.1 Å². The first-order valence-corrected chi connectivity index (χ1v) is 8.93. The quantitative estimate of drug-likeness (QED) is 0.738. The van der Waals surface area contributed by atoms with E-state index in [4.69, 9.17) is 10.9 Å². The van der Waals surface area contributed by atoms with Crippen molar-refractivity contribution in [1.29, 1.82) is 0 Å². The molecule has 21 heavy (non-hydrogen) atoms. The first-order chi connectivity index (χ1) is 9.79. The zero-order chi connectivity index (χ0) is 15.6. The Kier molecular flexibility index (Phi) is 4.79. The number of primary sulfonamides is 1. The summed E-state index contributed by atoms with van der Waals surface area (Å²) in [5, 5.41) is 9.50. The van der Waals surface area contributed by atoms with Crippen LogP contribution in [0.3, 0.4) is 0 Å². The van der Waals surface area contributed by atoms with E-state index in [2.05, 4.69) is 21.2 Å². The van der Waals surface area contributed by atoms with Crippen LogP contribution in [0, 0.1) is 0 Å². The van der Waals surface area contributed by atoms with Crippen molar-refractivity contribution in [3.63, 3.8) is 0 Å². The van der Waals surface area contributed by atoms with Crippen LogP contribution in [0.25, 0.3) is 0 Å². The van der Waals surface area contributed by atoms with Crippen LogP contribution >= 0.6 is 27.3 Å². The number of carbonyl (C=O) groups excluding carboxylic acids is 1. The summed E-state index contributed by atoms with van der Waals surface area (Å²) in [6.45, 7) is 0. The lowest BCUT2D eigenvalue weighted by Crippen LogP contribution is -2.27. The second-order valence-corrected chi connectivity index (χ2v) is 7.56. The molecule has 0 saturated carbocycles. The Morgan fingerprint density at radius 2 is 2.05 bits per heavy atom. The number of nitrogens with two attached hydrogens (primary N) is 2.